The van der Waals surface area contributed by atoms with E-state index in [2.05, 4.69) is 32.9 Å². The van der Waals surface area contributed by atoms with Crippen molar-refractivity contribution in [3.8, 4) is 5.75 Å². The standard InChI is InChI=1S/C17H18ClIN2O4/c1-3-6-21-17(23)10(2)25-14(22)9-24-16-13(19)8-12(18)11-5-4-7-20-15(11)16/h4-5,7-8,10H,3,6,9H2,1-2H3,(H,21,23). The third-order valence-corrected chi connectivity index (χ3v) is 4.43. The average molecular weight is 477 g/mol. The third kappa shape index (κ3) is 5.18. The minimum absolute atomic E-state index is 0.325. The van der Waals surface area contributed by atoms with Crippen molar-refractivity contribution >= 4 is 57.0 Å². The molecule has 1 atom stereocenters. The van der Waals surface area contributed by atoms with Crippen molar-refractivity contribution in [3.05, 3.63) is 33.0 Å². The van der Waals surface area contributed by atoms with Gasteiger partial charge in [-0.2, -0.15) is 0 Å². The van der Waals surface area contributed by atoms with Crippen LogP contribution in [-0.4, -0.2) is 36.1 Å². The number of ether oxygens (including phenoxy) is 2. The van der Waals surface area contributed by atoms with Gasteiger partial charge in [-0.1, -0.05) is 18.5 Å². The van der Waals surface area contributed by atoms with E-state index in [4.69, 9.17) is 21.1 Å². The van der Waals surface area contributed by atoms with E-state index < -0.39 is 12.1 Å². The molecule has 25 heavy (non-hydrogen) atoms. The predicted octanol–water partition coefficient (Wildman–Crippen LogP) is 3.33. The number of aromatic nitrogens is 1. The van der Waals surface area contributed by atoms with E-state index >= 15 is 0 Å². The molecule has 0 saturated heterocycles. The van der Waals surface area contributed by atoms with Gasteiger partial charge >= 0.3 is 5.97 Å². The summed E-state index contributed by atoms with van der Waals surface area (Å²) in [5, 5.41) is 3.96. The minimum atomic E-state index is -0.873. The SMILES string of the molecule is CCCNC(=O)C(C)OC(=O)COc1c(I)cc(Cl)c2cccnc12. The highest BCUT2D eigenvalue weighted by Crippen LogP contribution is 2.34. The molecule has 0 aliphatic heterocycles. The zero-order chi connectivity index (χ0) is 18.4. The van der Waals surface area contributed by atoms with Gasteiger partial charge in [-0.05, 0) is 54.1 Å². The van der Waals surface area contributed by atoms with Crippen molar-refractivity contribution in [2.45, 2.75) is 26.4 Å². The van der Waals surface area contributed by atoms with E-state index in [0.717, 1.165) is 15.4 Å². The van der Waals surface area contributed by atoms with Gasteiger partial charge in [0.25, 0.3) is 5.91 Å². The molecular formula is C17H18ClIN2O4. The summed E-state index contributed by atoms with van der Waals surface area (Å²) in [6, 6.07) is 5.34. The maximum Gasteiger partial charge on any atom is 0.344 e. The van der Waals surface area contributed by atoms with E-state index in [9.17, 15) is 9.59 Å². The van der Waals surface area contributed by atoms with Crippen molar-refractivity contribution in [1.29, 1.82) is 0 Å². The number of nitrogens with zero attached hydrogens (tertiary/aromatic N) is 1. The van der Waals surface area contributed by atoms with Crippen LogP contribution in [-0.2, 0) is 14.3 Å². The number of benzene rings is 1. The minimum Gasteiger partial charge on any atom is -0.478 e. The summed E-state index contributed by atoms with van der Waals surface area (Å²) in [5.74, 6) is -0.502. The smallest absolute Gasteiger partial charge is 0.344 e. The number of rotatable bonds is 7. The molecule has 1 amide bonds. The highest BCUT2D eigenvalue weighted by atomic mass is 127. The predicted molar refractivity (Wildman–Crippen MR) is 104 cm³/mol. The highest BCUT2D eigenvalue weighted by molar-refractivity contribution is 14.1. The topological polar surface area (TPSA) is 77.5 Å². The maximum atomic E-state index is 11.9. The number of nitrogens with one attached hydrogen (secondary N) is 1. The lowest BCUT2D eigenvalue weighted by Crippen LogP contribution is -2.37. The molecule has 0 spiro atoms. The van der Waals surface area contributed by atoms with Crippen LogP contribution in [0.3, 0.4) is 0 Å². The van der Waals surface area contributed by atoms with Crippen molar-refractivity contribution in [2.75, 3.05) is 13.2 Å². The Hall–Kier alpha value is -1.61. The first-order chi connectivity index (χ1) is 11.9. The van der Waals surface area contributed by atoms with Gasteiger partial charge in [0.15, 0.2) is 18.5 Å². The van der Waals surface area contributed by atoms with Gasteiger partial charge in [-0.3, -0.25) is 9.78 Å². The van der Waals surface area contributed by atoms with E-state index in [1.807, 2.05) is 13.0 Å². The summed E-state index contributed by atoms with van der Waals surface area (Å²) in [7, 11) is 0. The number of halogens is 2. The van der Waals surface area contributed by atoms with Crippen molar-refractivity contribution in [1.82, 2.24) is 10.3 Å². The summed E-state index contributed by atoms with van der Waals surface area (Å²) >= 11 is 8.27. The lowest BCUT2D eigenvalue weighted by atomic mass is 10.2. The Morgan fingerprint density at radius 2 is 2.20 bits per heavy atom. The molecule has 6 nitrogen and oxygen atoms in total. The molecule has 0 radical (unpaired) electrons. The van der Waals surface area contributed by atoms with Crippen LogP contribution in [0.2, 0.25) is 5.02 Å². The Morgan fingerprint density at radius 1 is 1.44 bits per heavy atom. The Morgan fingerprint density at radius 3 is 2.92 bits per heavy atom. The molecule has 2 aromatic rings. The number of hydrogen-bond donors (Lipinski definition) is 1. The van der Waals surface area contributed by atoms with Gasteiger partial charge < -0.3 is 14.8 Å². The zero-order valence-corrected chi connectivity index (χ0v) is 16.8. The van der Waals surface area contributed by atoms with Gasteiger partial charge in [0, 0.05) is 18.1 Å². The van der Waals surface area contributed by atoms with E-state index in [-0.39, 0.29) is 12.5 Å². The first-order valence-electron chi connectivity index (χ1n) is 7.76. The first-order valence-corrected chi connectivity index (χ1v) is 9.22. The van der Waals surface area contributed by atoms with Crippen molar-refractivity contribution in [2.24, 2.45) is 0 Å². The Balaban J connectivity index is 2.03. The monoisotopic (exact) mass is 476 g/mol. The number of fused-ring (bicyclic) bond motifs is 1. The quantitative estimate of drug-likeness (QED) is 0.490. The maximum absolute atomic E-state index is 11.9. The molecule has 0 fully saturated rings. The fourth-order valence-electron chi connectivity index (χ4n) is 2.09. The van der Waals surface area contributed by atoms with Crippen LogP contribution >= 0.6 is 34.2 Å². The van der Waals surface area contributed by atoms with Gasteiger partial charge in [0.05, 0.1) is 8.59 Å². The van der Waals surface area contributed by atoms with Crippen molar-refractivity contribution in [3.63, 3.8) is 0 Å². The molecule has 8 heteroatoms. The van der Waals surface area contributed by atoms with Gasteiger partial charge in [-0.25, -0.2) is 4.79 Å². The lowest BCUT2D eigenvalue weighted by Gasteiger charge is -2.15. The lowest BCUT2D eigenvalue weighted by molar-refractivity contribution is -0.156. The number of carbonyl (C=O) groups excluding carboxylic acids is 2. The molecular weight excluding hydrogens is 459 g/mol. The molecule has 0 aliphatic carbocycles. The molecule has 1 unspecified atom stereocenters. The molecule has 0 saturated carbocycles. The second-order valence-corrected chi connectivity index (χ2v) is 6.85. The molecule has 1 heterocycles. The number of carbonyl (C=O) groups is 2. The van der Waals surface area contributed by atoms with Gasteiger partial charge in [0.2, 0.25) is 0 Å². The van der Waals surface area contributed by atoms with Gasteiger partial charge in [-0.15, -0.1) is 0 Å². The van der Waals surface area contributed by atoms with Crippen LogP contribution < -0.4 is 10.1 Å². The summed E-state index contributed by atoms with van der Waals surface area (Å²) in [4.78, 5) is 27.9. The van der Waals surface area contributed by atoms with Gasteiger partial charge in [0.1, 0.15) is 5.52 Å². The zero-order valence-electron chi connectivity index (χ0n) is 13.8. The normalized spacial score (nSPS) is 11.8. The number of amides is 1. The molecule has 1 N–H and O–H groups in total. The van der Waals surface area contributed by atoms with Crippen LogP contribution in [0.5, 0.6) is 5.75 Å². The number of esters is 1. The molecule has 2 rings (SSSR count). The third-order valence-electron chi connectivity index (χ3n) is 3.31. The summed E-state index contributed by atoms with van der Waals surface area (Å²) in [6.45, 7) is 3.68. The first kappa shape index (κ1) is 19.7. The Labute approximate surface area is 164 Å². The molecule has 1 aromatic heterocycles. The largest absolute Gasteiger partial charge is 0.478 e. The van der Waals surface area contributed by atoms with Crippen LogP contribution in [0.4, 0.5) is 0 Å². The molecule has 1 aromatic carbocycles. The second kappa shape index (κ2) is 9.19. The molecule has 0 aliphatic rings. The Bertz CT molecular complexity index is 785. The van der Waals surface area contributed by atoms with E-state index in [1.54, 1.807) is 18.3 Å². The fourth-order valence-corrected chi connectivity index (χ4v) is 3.26. The summed E-state index contributed by atoms with van der Waals surface area (Å²) in [6.07, 6.45) is 1.56. The van der Waals surface area contributed by atoms with Crippen LogP contribution in [0, 0.1) is 3.57 Å². The van der Waals surface area contributed by atoms with E-state index in [0.29, 0.717) is 22.8 Å². The van der Waals surface area contributed by atoms with E-state index in [1.165, 1.54) is 6.92 Å². The summed E-state index contributed by atoms with van der Waals surface area (Å²) < 4.78 is 11.4. The van der Waals surface area contributed by atoms with Crippen LogP contribution in [0.15, 0.2) is 24.4 Å². The summed E-state index contributed by atoms with van der Waals surface area (Å²) in [5.41, 5.74) is 0.570. The average Bonchev–Trinajstić information content (AvgIpc) is 2.59. The van der Waals surface area contributed by atoms with Crippen LogP contribution in [0.25, 0.3) is 10.9 Å². The second-order valence-electron chi connectivity index (χ2n) is 5.28. The molecule has 0 bridgehead atoms. The molecule has 134 valence electrons. The van der Waals surface area contributed by atoms with Crippen LogP contribution in [0.1, 0.15) is 20.3 Å². The fraction of sp³-hybridized carbons (Fsp3) is 0.353. The number of hydrogen-bond acceptors (Lipinski definition) is 5. The van der Waals surface area contributed by atoms with Crippen molar-refractivity contribution < 1.29 is 19.1 Å². The highest BCUT2D eigenvalue weighted by Gasteiger charge is 2.19. The number of pyridine rings is 1. The Kier molecular flexibility index (Phi) is 7.24.